The minimum absolute atomic E-state index is 0.312. The van der Waals surface area contributed by atoms with Gasteiger partial charge in [0, 0.05) is 31.2 Å². The highest BCUT2D eigenvalue weighted by molar-refractivity contribution is 7.98. The number of benzene rings is 1. The summed E-state index contributed by atoms with van der Waals surface area (Å²) in [4.78, 5) is 13.3. The summed E-state index contributed by atoms with van der Waals surface area (Å²) in [6.45, 7) is 14.6. The normalized spacial score (nSPS) is 11.9. The van der Waals surface area contributed by atoms with Crippen molar-refractivity contribution in [3.05, 3.63) is 47.4 Å². The van der Waals surface area contributed by atoms with Crippen molar-refractivity contribution in [2.24, 2.45) is 0 Å². The molecule has 3 rings (SSSR count). The lowest BCUT2D eigenvalue weighted by atomic mass is 10.1. The SMILES string of the molecule is CCOC(=O)c1cccn1Sc1ccc2c(c(C)nn2COCC[Si](C)(C)C)c1C. The number of fused-ring (bicyclic) bond motifs is 1. The van der Waals surface area contributed by atoms with Gasteiger partial charge >= 0.3 is 5.97 Å². The first-order valence-corrected chi connectivity index (χ1v) is 14.8. The van der Waals surface area contributed by atoms with Crippen molar-refractivity contribution in [1.29, 1.82) is 0 Å². The zero-order valence-corrected chi connectivity index (χ0v) is 20.5. The van der Waals surface area contributed by atoms with Gasteiger partial charge in [-0.3, -0.25) is 3.97 Å². The predicted octanol–water partition coefficient (Wildman–Crippen LogP) is 5.50. The second-order valence-electron chi connectivity index (χ2n) is 8.55. The van der Waals surface area contributed by atoms with Crippen molar-refractivity contribution in [3.8, 4) is 0 Å². The Morgan fingerprint density at radius 2 is 1.97 bits per heavy atom. The third kappa shape index (κ3) is 5.17. The van der Waals surface area contributed by atoms with Gasteiger partial charge in [0.25, 0.3) is 0 Å². The molecule has 3 aromatic rings. The molecule has 0 spiro atoms. The summed E-state index contributed by atoms with van der Waals surface area (Å²) < 4.78 is 14.9. The van der Waals surface area contributed by atoms with E-state index >= 15 is 0 Å². The maximum absolute atomic E-state index is 12.2. The Labute approximate surface area is 183 Å². The number of nitrogens with zero attached hydrogens (tertiary/aromatic N) is 3. The van der Waals surface area contributed by atoms with E-state index in [1.165, 1.54) is 11.9 Å². The van der Waals surface area contributed by atoms with E-state index in [-0.39, 0.29) is 5.97 Å². The van der Waals surface area contributed by atoms with Gasteiger partial charge in [0.1, 0.15) is 12.4 Å². The molecule has 2 heterocycles. The van der Waals surface area contributed by atoms with Gasteiger partial charge in [-0.1, -0.05) is 19.6 Å². The first kappa shape index (κ1) is 22.6. The Morgan fingerprint density at radius 3 is 2.67 bits per heavy atom. The van der Waals surface area contributed by atoms with Crippen LogP contribution in [0, 0.1) is 13.8 Å². The van der Waals surface area contributed by atoms with Crippen molar-refractivity contribution in [2.75, 3.05) is 13.2 Å². The number of hydrogen-bond donors (Lipinski definition) is 0. The average Bonchev–Trinajstić information content (AvgIpc) is 3.25. The second kappa shape index (κ2) is 9.41. The summed E-state index contributed by atoms with van der Waals surface area (Å²) in [5.41, 5.74) is 3.73. The summed E-state index contributed by atoms with van der Waals surface area (Å²) in [6, 6.07) is 8.94. The van der Waals surface area contributed by atoms with E-state index in [1.807, 2.05) is 34.8 Å². The zero-order valence-electron chi connectivity index (χ0n) is 18.7. The fourth-order valence-electron chi connectivity index (χ4n) is 3.28. The molecule has 0 fully saturated rings. The second-order valence-corrected chi connectivity index (χ2v) is 15.2. The highest BCUT2D eigenvalue weighted by atomic mass is 32.2. The third-order valence-corrected chi connectivity index (χ3v) is 7.77. The molecule has 0 aliphatic carbocycles. The molecule has 0 N–H and O–H groups in total. The molecule has 0 saturated heterocycles. The third-order valence-electron chi connectivity index (χ3n) is 4.91. The van der Waals surface area contributed by atoms with Crippen LogP contribution in [0.15, 0.2) is 35.4 Å². The smallest absolute Gasteiger partial charge is 0.355 e. The Morgan fingerprint density at radius 1 is 1.20 bits per heavy atom. The van der Waals surface area contributed by atoms with Crippen LogP contribution in [0.25, 0.3) is 10.9 Å². The van der Waals surface area contributed by atoms with Crippen molar-refractivity contribution in [3.63, 3.8) is 0 Å². The molecule has 0 unspecified atom stereocenters. The maximum Gasteiger partial charge on any atom is 0.355 e. The quantitative estimate of drug-likeness (QED) is 0.247. The van der Waals surface area contributed by atoms with Crippen LogP contribution in [-0.2, 0) is 16.2 Å². The first-order chi connectivity index (χ1) is 14.2. The topological polar surface area (TPSA) is 58.3 Å². The van der Waals surface area contributed by atoms with E-state index in [1.54, 1.807) is 6.07 Å². The highest BCUT2D eigenvalue weighted by Crippen LogP contribution is 2.32. The molecular weight excluding hydrogens is 414 g/mol. The zero-order chi connectivity index (χ0) is 21.9. The summed E-state index contributed by atoms with van der Waals surface area (Å²) in [6.07, 6.45) is 1.88. The summed E-state index contributed by atoms with van der Waals surface area (Å²) in [7, 11) is -1.10. The van der Waals surface area contributed by atoms with Crippen molar-refractivity contribution in [2.45, 2.75) is 58.1 Å². The van der Waals surface area contributed by atoms with Crippen molar-refractivity contribution < 1.29 is 14.3 Å². The number of esters is 1. The fourth-order valence-corrected chi connectivity index (χ4v) is 4.98. The number of carbonyl (C=O) groups is 1. The van der Waals surface area contributed by atoms with Crippen molar-refractivity contribution in [1.82, 2.24) is 13.8 Å². The lowest BCUT2D eigenvalue weighted by Gasteiger charge is -2.15. The van der Waals surface area contributed by atoms with Gasteiger partial charge < -0.3 is 9.47 Å². The standard InChI is InChI=1S/C22H31N3O3SSi/c1-7-28-22(26)19-9-8-12-25(19)29-20-11-10-18-21(16(20)2)17(3)23-24(18)15-27-13-14-30(4,5)6/h8-12H,7,13-15H2,1-6H3. The number of aryl methyl sites for hydroxylation is 2. The van der Waals surface area contributed by atoms with E-state index in [0.29, 0.717) is 19.0 Å². The van der Waals surface area contributed by atoms with Crippen molar-refractivity contribution >= 4 is 36.9 Å². The Bertz CT molecular complexity index is 1040. The number of rotatable bonds is 9. The molecule has 0 amide bonds. The van der Waals surface area contributed by atoms with Crippen LogP contribution in [-0.4, -0.2) is 41.0 Å². The predicted molar refractivity (Wildman–Crippen MR) is 125 cm³/mol. The largest absolute Gasteiger partial charge is 0.461 e. The molecule has 162 valence electrons. The van der Waals surface area contributed by atoms with Crippen LogP contribution in [0.5, 0.6) is 0 Å². The van der Waals surface area contributed by atoms with Gasteiger partial charge in [-0.15, -0.1) is 0 Å². The van der Waals surface area contributed by atoms with E-state index < -0.39 is 8.07 Å². The van der Waals surface area contributed by atoms with Gasteiger partial charge in [0.15, 0.2) is 0 Å². The highest BCUT2D eigenvalue weighted by Gasteiger charge is 2.17. The van der Waals surface area contributed by atoms with E-state index in [9.17, 15) is 4.79 Å². The molecular formula is C22H31N3O3SSi. The van der Waals surface area contributed by atoms with Crippen LogP contribution in [0.3, 0.4) is 0 Å². The Kier molecular flexibility index (Phi) is 7.10. The minimum atomic E-state index is -1.10. The molecule has 0 atom stereocenters. The van der Waals surface area contributed by atoms with Crippen LogP contribution < -0.4 is 0 Å². The van der Waals surface area contributed by atoms with Gasteiger partial charge in [-0.25, -0.2) is 9.48 Å². The number of ether oxygens (including phenoxy) is 2. The molecule has 0 bridgehead atoms. The number of hydrogen-bond acceptors (Lipinski definition) is 5. The summed E-state index contributed by atoms with van der Waals surface area (Å²) in [5, 5.41) is 5.84. The van der Waals surface area contributed by atoms with E-state index in [4.69, 9.17) is 14.6 Å². The average molecular weight is 446 g/mol. The van der Waals surface area contributed by atoms with Gasteiger partial charge in [0.05, 0.1) is 17.8 Å². The first-order valence-electron chi connectivity index (χ1n) is 10.3. The Hall–Kier alpha value is -2.03. The van der Waals surface area contributed by atoms with Gasteiger partial charge in [0.2, 0.25) is 0 Å². The molecule has 0 aliphatic heterocycles. The number of carbonyl (C=O) groups excluding carboxylic acids is 1. The maximum atomic E-state index is 12.2. The lowest BCUT2D eigenvalue weighted by molar-refractivity contribution is 0.0519. The van der Waals surface area contributed by atoms with Gasteiger partial charge in [-0.05, 0) is 68.6 Å². The Balaban J connectivity index is 1.81. The molecule has 8 heteroatoms. The fraction of sp³-hybridized carbons (Fsp3) is 0.455. The monoisotopic (exact) mass is 445 g/mol. The molecule has 0 radical (unpaired) electrons. The molecule has 30 heavy (non-hydrogen) atoms. The van der Waals surface area contributed by atoms with Gasteiger partial charge in [-0.2, -0.15) is 5.10 Å². The van der Waals surface area contributed by atoms with Crippen LogP contribution in [0.1, 0.15) is 28.7 Å². The molecule has 0 aliphatic rings. The van der Waals surface area contributed by atoms with E-state index in [2.05, 4.69) is 38.7 Å². The number of aromatic nitrogens is 3. The lowest BCUT2D eigenvalue weighted by Crippen LogP contribution is -2.22. The minimum Gasteiger partial charge on any atom is -0.461 e. The van der Waals surface area contributed by atoms with Crippen LogP contribution >= 0.6 is 11.9 Å². The molecule has 0 saturated carbocycles. The molecule has 6 nitrogen and oxygen atoms in total. The molecule has 1 aromatic carbocycles. The summed E-state index contributed by atoms with van der Waals surface area (Å²) >= 11 is 1.51. The van der Waals surface area contributed by atoms with Crippen LogP contribution in [0.2, 0.25) is 25.7 Å². The molecule has 2 aromatic heterocycles. The summed E-state index contributed by atoms with van der Waals surface area (Å²) in [5.74, 6) is -0.312. The van der Waals surface area contributed by atoms with Crippen LogP contribution in [0.4, 0.5) is 0 Å². The van der Waals surface area contributed by atoms with E-state index in [0.717, 1.165) is 39.7 Å².